The molecule has 0 bridgehead atoms. The first-order valence-electron chi connectivity index (χ1n) is 7.58. The van der Waals surface area contributed by atoms with E-state index in [9.17, 15) is 13.2 Å². The first kappa shape index (κ1) is 16.7. The Bertz CT molecular complexity index is 516. The molecule has 3 atom stereocenters. The van der Waals surface area contributed by atoms with E-state index in [-0.39, 0.29) is 17.9 Å². The summed E-state index contributed by atoms with van der Waals surface area (Å²) in [5.74, 6) is 0.987. The van der Waals surface area contributed by atoms with Crippen LogP contribution in [0.5, 0.6) is 5.75 Å². The van der Waals surface area contributed by atoms with Gasteiger partial charge >= 0.3 is 6.18 Å². The van der Waals surface area contributed by atoms with Crippen LogP contribution in [0.2, 0.25) is 0 Å². The molecule has 1 aromatic rings. The summed E-state index contributed by atoms with van der Waals surface area (Å²) in [5.41, 5.74) is -0.658. The van der Waals surface area contributed by atoms with Crippen molar-refractivity contribution in [3.63, 3.8) is 0 Å². The molecule has 0 N–H and O–H groups in total. The highest BCUT2D eigenvalue weighted by molar-refractivity contribution is 5.29. The smallest absolute Gasteiger partial charge is 0.416 e. The molecule has 1 aliphatic rings. The van der Waals surface area contributed by atoms with Crippen molar-refractivity contribution >= 4 is 0 Å². The van der Waals surface area contributed by atoms with Crippen LogP contribution in [0.1, 0.15) is 31.7 Å². The summed E-state index contributed by atoms with van der Waals surface area (Å²) in [6, 6.07) is 4.90. The van der Waals surface area contributed by atoms with Gasteiger partial charge in [-0.25, -0.2) is 0 Å². The summed E-state index contributed by atoms with van der Waals surface area (Å²) in [5, 5.41) is 0. The highest BCUT2D eigenvalue weighted by Gasteiger charge is 2.35. The zero-order valence-electron chi connectivity index (χ0n) is 12.6. The fraction of sp³-hybridized carbons (Fsp3) is 0.444. The van der Waals surface area contributed by atoms with Gasteiger partial charge in [-0.15, -0.1) is 6.58 Å². The Hall–Kier alpha value is -1.71. The van der Waals surface area contributed by atoms with Gasteiger partial charge in [-0.1, -0.05) is 25.2 Å². The number of ether oxygens (including phenoxy) is 1. The lowest BCUT2D eigenvalue weighted by atomic mass is 9.99. The number of hydrogen-bond acceptors (Lipinski definition) is 1. The number of alkyl halides is 3. The minimum atomic E-state index is -4.32. The third-order valence-corrected chi connectivity index (χ3v) is 4.05. The molecule has 1 fully saturated rings. The van der Waals surface area contributed by atoms with Crippen LogP contribution < -0.4 is 4.74 Å². The van der Waals surface area contributed by atoms with Gasteiger partial charge in [-0.05, 0) is 43.5 Å². The lowest BCUT2D eigenvalue weighted by molar-refractivity contribution is -0.137. The van der Waals surface area contributed by atoms with E-state index in [2.05, 4.69) is 25.7 Å². The predicted molar refractivity (Wildman–Crippen MR) is 81.7 cm³/mol. The van der Waals surface area contributed by atoms with Crippen LogP contribution in [0.15, 0.2) is 49.1 Å². The minimum Gasteiger partial charge on any atom is -0.489 e. The molecule has 1 aromatic carbocycles. The third-order valence-electron chi connectivity index (χ3n) is 4.05. The van der Waals surface area contributed by atoms with Gasteiger partial charge in [0.15, 0.2) is 0 Å². The maximum Gasteiger partial charge on any atom is 0.416 e. The topological polar surface area (TPSA) is 9.23 Å². The molecule has 1 aliphatic carbocycles. The van der Waals surface area contributed by atoms with Crippen molar-refractivity contribution in [2.24, 2.45) is 11.8 Å². The summed E-state index contributed by atoms with van der Waals surface area (Å²) >= 11 is 0. The van der Waals surface area contributed by atoms with Crippen LogP contribution in [0.4, 0.5) is 13.2 Å². The molecule has 1 nitrogen and oxygen atoms in total. The van der Waals surface area contributed by atoms with Gasteiger partial charge in [0.05, 0.1) is 5.56 Å². The second-order valence-corrected chi connectivity index (χ2v) is 5.58. The first-order chi connectivity index (χ1) is 10.5. The Morgan fingerprint density at radius 2 is 1.82 bits per heavy atom. The Labute approximate surface area is 129 Å². The second kappa shape index (κ2) is 7.03. The molecule has 1 saturated carbocycles. The maximum absolute atomic E-state index is 12.6. The van der Waals surface area contributed by atoms with Crippen LogP contribution in [0, 0.1) is 11.8 Å². The zero-order valence-corrected chi connectivity index (χ0v) is 12.6. The summed E-state index contributed by atoms with van der Waals surface area (Å²) in [7, 11) is 0. The quantitative estimate of drug-likeness (QED) is 0.640. The number of allylic oxidation sites excluding steroid dienone is 1. The molecule has 0 aliphatic heterocycles. The molecular weight excluding hydrogens is 289 g/mol. The molecule has 0 heterocycles. The average molecular weight is 310 g/mol. The van der Waals surface area contributed by atoms with E-state index in [1.165, 1.54) is 12.1 Å². The molecule has 0 radical (unpaired) electrons. The highest BCUT2D eigenvalue weighted by Crippen LogP contribution is 2.37. The van der Waals surface area contributed by atoms with Crippen LogP contribution in [0.25, 0.3) is 0 Å². The van der Waals surface area contributed by atoms with Crippen molar-refractivity contribution in [3.8, 4) is 5.75 Å². The van der Waals surface area contributed by atoms with Crippen molar-refractivity contribution in [1.82, 2.24) is 0 Å². The van der Waals surface area contributed by atoms with E-state index in [4.69, 9.17) is 4.74 Å². The van der Waals surface area contributed by atoms with E-state index in [0.717, 1.165) is 31.4 Å². The van der Waals surface area contributed by atoms with Gasteiger partial charge in [-0.3, -0.25) is 0 Å². The van der Waals surface area contributed by atoms with Crippen molar-refractivity contribution in [3.05, 3.63) is 54.6 Å². The molecule has 22 heavy (non-hydrogen) atoms. The van der Waals surface area contributed by atoms with E-state index in [1.54, 1.807) is 0 Å². The van der Waals surface area contributed by atoms with E-state index >= 15 is 0 Å². The number of rotatable bonds is 5. The molecule has 120 valence electrons. The molecule has 0 amide bonds. The van der Waals surface area contributed by atoms with Crippen molar-refractivity contribution in [1.29, 1.82) is 0 Å². The van der Waals surface area contributed by atoms with Gasteiger partial charge in [0.25, 0.3) is 0 Å². The molecule has 2 rings (SSSR count). The van der Waals surface area contributed by atoms with E-state index < -0.39 is 11.7 Å². The molecule has 0 spiro atoms. The van der Waals surface area contributed by atoms with Crippen molar-refractivity contribution in [2.45, 2.75) is 38.5 Å². The first-order valence-corrected chi connectivity index (χ1v) is 7.58. The van der Waals surface area contributed by atoms with Gasteiger partial charge < -0.3 is 4.74 Å². The second-order valence-electron chi connectivity index (χ2n) is 5.58. The van der Waals surface area contributed by atoms with E-state index in [1.807, 2.05) is 6.08 Å². The lowest BCUT2D eigenvalue weighted by Gasteiger charge is -2.23. The van der Waals surface area contributed by atoms with Gasteiger partial charge in [0, 0.05) is 11.8 Å². The van der Waals surface area contributed by atoms with Crippen molar-refractivity contribution in [2.75, 3.05) is 0 Å². The van der Waals surface area contributed by atoms with Crippen LogP contribution in [-0.4, -0.2) is 6.10 Å². The number of benzene rings is 1. The van der Waals surface area contributed by atoms with Gasteiger partial charge in [0.1, 0.15) is 11.9 Å². The lowest BCUT2D eigenvalue weighted by Crippen LogP contribution is -2.26. The number of halogens is 3. The fourth-order valence-corrected chi connectivity index (χ4v) is 2.85. The molecule has 0 unspecified atom stereocenters. The predicted octanol–water partition coefficient (Wildman–Crippen LogP) is 5.63. The van der Waals surface area contributed by atoms with Gasteiger partial charge in [-0.2, -0.15) is 13.2 Å². The van der Waals surface area contributed by atoms with Crippen LogP contribution >= 0.6 is 0 Å². The molecular formula is C18H21F3O. The fourth-order valence-electron chi connectivity index (χ4n) is 2.85. The summed E-state index contributed by atoms with van der Waals surface area (Å²) in [6.45, 7) is 5.91. The average Bonchev–Trinajstić information content (AvgIpc) is 2.86. The Balaban J connectivity index is 2.12. The Morgan fingerprint density at radius 3 is 2.36 bits per heavy atom. The zero-order chi connectivity index (χ0) is 16.2. The standard InChI is InChI=1S/C18H21F3O/c1-3-5-6-14-8-7-13(4-2)17(14)22-16-11-9-15(10-12-16)18(19,20)21/h4-6,9-14,17H,2-3,7-8H2,1H3/b6-5+/t13-,14+,17+/m1/s1. The minimum absolute atomic E-state index is 0.0583. The Kier molecular flexibility index (Phi) is 5.33. The highest BCUT2D eigenvalue weighted by atomic mass is 19.4. The SMILES string of the molecule is C=C[C@@H]1CC[C@H](/C=C/CC)[C@H]1Oc1ccc(C(F)(F)F)cc1. The van der Waals surface area contributed by atoms with Gasteiger partial charge in [0.2, 0.25) is 0 Å². The monoisotopic (exact) mass is 310 g/mol. The Morgan fingerprint density at radius 1 is 1.18 bits per heavy atom. The van der Waals surface area contributed by atoms with Crippen molar-refractivity contribution < 1.29 is 17.9 Å². The molecule has 4 heteroatoms. The molecule has 0 saturated heterocycles. The summed E-state index contributed by atoms with van der Waals surface area (Å²) < 4.78 is 43.7. The largest absolute Gasteiger partial charge is 0.489 e. The van der Waals surface area contributed by atoms with Crippen LogP contribution in [0.3, 0.4) is 0 Å². The van der Waals surface area contributed by atoms with E-state index in [0.29, 0.717) is 5.75 Å². The third kappa shape index (κ3) is 3.93. The maximum atomic E-state index is 12.6. The van der Waals surface area contributed by atoms with Crippen LogP contribution in [-0.2, 0) is 6.18 Å². The normalized spacial score (nSPS) is 25.5. The summed E-state index contributed by atoms with van der Waals surface area (Å²) in [6.07, 6.45) is 4.74. The summed E-state index contributed by atoms with van der Waals surface area (Å²) in [4.78, 5) is 0. The molecule has 0 aromatic heterocycles. The number of hydrogen-bond donors (Lipinski definition) is 0.